The predicted molar refractivity (Wildman–Crippen MR) is 77.0 cm³/mol. The zero-order valence-electron chi connectivity index (χ0n) is 11.8. The van der Waals surface area contributed by atoms with Gasteiger partial charge in [-0.15, -0.1) is 0 Å². The fourth-order valence-electron chi connectivity index (χ4n) is 1.36. The number of hydrogen-bond acceptors (Lipinski definition) is 5. The molecule has 0 spiro atoms. The zero-order valence-corrected chi connectivity index (χ0v) is 11.8. The maximum atomic E-state index is 4.35. The van der Waals surface area contributed by atoms with Crippen molar-refractivity contribution in [3.63, 3.8) is 0 Å². The van der Waals surface area contributed by atoms with Crippen LogP contribution in [0.1, 0.15) is 32.2 Å². The minimum absolute atomic E-state index is 0.833. The Morgan fingerprint density at radius 3 is 2.05 bits per heavy atom. The van der Waals surface area contributed by atoms with Gasteiger partial charge in [-0.25, -0.2) is 4.98 Å². The van der Waals surface area contributed by atoms with Crippen LogP contribution in [0.5, 0.6) is 0 Å². The van der Waals surface area contributed by atoms with Crippen molar-refractivity contribution in [2.75, 3.05) is 11.9 Å². The van der Waals surface area contributed by atoms with Crippen LogP contribution >= 0.6 is 0 Å². The van der Waals surface area contributed by atoms with Crippen molar-refractivity contribution in [2.45, 2.75) is 33.6 Å². The summed E-state index contributed by atoms with van der Waals surface area (Å²) in [5.74, 6) is 0.833. The number of anilines is 1. The van der Waals surface area contributed by atoms with E-state index in [4.69, 9.17) is 0 Å². The van der Waals surface area contributed by atoms with Crippen LogP contribution in [0.2, 0.25) is 0 Å². The van der Waals surface area contributed by atoms with E-state index in [0.717, 1.165) is 36.6 Å². The number of hydrogen-bond donors (Lipinski definition) is 1. The van der Waals surface area contributed by atoms with E-state index >= 15 is 0 Å². The highest BCUT2D eigenvalue weighted by Crippen LogP contribution is 1.96. The first-order valence-corrected chi connectivity index (χ1v) is 6.59. The van der Waals surface area contributed by atoms with E-state index in [-0.39, 0.29) is 0 Å². The Hall–Kier alpha value is -2.04. The third-order valence-corrected chi connectivity index (χ3v) is 2.38. The van der Waals surface area contributed by atoms with Crippen molar-refractivity contribution in [3.8, 4) is 0 Å². The molecule has 0 radical (unpaired) electrons. The molecule has 102 valence electrons. The standard InChI is InChI=1S/C8H12N2.C6H9N3/c1-3-7-5-9-6-8(4-2)10-7;1-2-8-6-5-7-3-4-9-6/h5-6H,3-4H2,1-2H3;3-5H,2H2,1H3,(H,8,9). The summed E-state index contributed by atoms with van der Waals surface area (Å²) in [7, 11) is 0. The SMILES string of the molecule is CCNc1cnccn1.CCc1cncc(CC)n1. The second-order valence-corrected chi connectivity index (χ2v) is 3.83. The van der Waals surface area contributed by atoms with Crippen molar-refractivity contribution >= 4 is 5.82 Å². The Labute approximate surface area is 114 Å². The molecule has 2 heterocycles. The van der Waals surface area contributed by atoms with Gasteiger partial charge in [0.15, 0.2) is 0 Å². The summed E-state index contributed by atoms with van der Waals surface area (Å²) in [6, 6.07) is 0. The van der Waals surface area contributed by atoms with Crippen molar-refractivity contribution in [3.05, 3.63) is 42.4 Å². The first-order valence-electron chi connectivity index (χ1n) is 6.59. The molecule has 5 heteroatoms. The van der Waals surface area contributed by atoms with E-state index in [1.165, 1.54) is 0 Å². The summed E-state index contributed by atoms with van der Waals surface area (Å²) in [5, 5.41) is 3.03. The van der Waals surface area contributed by atoms with Crippen LogP contribution in [0.4, 0.5) is 5.82 Å². The van der Waals surface area contributed by atoms with Crippen molar-refractivity contribution < 1.29 is 0 Å². The third-order valence-electron chi connectivity index (χ3n) is 2.38. The summed E-state index contributed by atoms with van der Waals surface area (Å²) < 4.78 is 0. The van der Waals surface area contributed by atoms with Gasteiger partial charge in [0.25, 0.3) is 0 Å². The first kappa shape index (κ1) is 15.0. The predicted octanol–water partition coefficient (Wildman–Crippen LogP) is 2.51. The summed E-state index contributed by atoms with van der Waals surface area (Å²) >= 11 is 0. The van der Waals surface area contributed by atoms with Gasteiger partial charge < -0.3 is 5.32 Å². The van der Waals surface area contributed by atoms with Crippen LogP contribution in [-0.4, -0.2) is 26.5 Å². The fourth-order valence-corrected chi connectivity index (χ4v) is 1.36. The molecule has 0 aliphatic heterocycles. The van der Waals surface area contributed by atoms with Gasteiger partial charge in [0.2, 0.25) is 0 Å². The van der Waals surface area contributed by atoms with Gasteiger partial charge in [0, 0.05) is 31.3 Å². The average molecular weight is 259 g/mol. The van der Waals surface area contributed by atoms with Gasteiger partial charge in [-0.05, 0) is 19.8 Å². The van der Waals surface area contributed by atoms with E-state index < -0.39 is 0 Å². The van der Waals surface area contributed by atoms with Gasteiger partial charge in [0.05, 0.1) is 17.6 Å². The molecule has 0 saturated heterocycles. The monoisotopic (exact) mass is 259 g/mol. The molecule has 0 atom stereocenters. The van der Waals surface area contributed by atoms with Crippen molar-refractivity contribution in [1.82, 2.24) is 19.9 Å². The number of aromatic nitrogens is 4. The van der Waals surface area contributed by atoms with Gasteiger partial charge in [-0.1, -0.05) is 13.8 Å². The third kappa shape index (κ3) is 5.90. The Bertz CT molecular complexity index is 439. The Balaban J connectivity index is 0.000000191. The molecule has 2 aromatic heterocycles. The molecule has 0 aromatic carbocycles. The molecule has 0 saturated carbocycles. The summed E-state index contributed by atoms with van der Waals surface area (Å²) in [5.41, 5.74) is 2.17. The molecule has 0 aliphatic rings. The molecular formula is C14H21N5. The highest BCUT2D eigenvalue weighted by molar-refractivity contribution is 5.28. The van der Waals surface area contributed by atoms with E-state index in [2.05, 4.69) is 39.1 Å². The van der Waals surface area contributed by atoms with E-state index in [1.807, 2.05) is 19.3 Å². The summed E-state index contributed by atoms with van der Waals surface area (Å²) in [6.07, 6.45) is 10.6. The lowest BCUT2D eigenvalue weighted by molar-refractivity contribution is 0.921. The molecule has 0 fully saturated rings. The van der Waals surface area contributed by atoms with Crippen LogP contribution in [0.25, 0.3) is 0 Å². The molecule has 0 bridgehead atoms. The Kier molecular flexibility index (Phi) is 7.09. The number of aryl methyl sites for hydroxylation is 2. The van der Waals surface area contributed by atoms with Crippen LogP contribution in [0, 0.1) is 0 Å². The van der Waals surface area contributed by atoms with E-state index in [1.54, 1.807) is 18.6 Å². The van der Waals surface area contributed by atoms with Gasteiger partial charge in [-0.2, -0.15) is 0 Å². The second-order valence-electron chi connectivity index (χ2n) is 3.83. The van der Waals surface area contributed by atoms with Gasteiger partial charge >= 0.3 is 0 Å². The molecule has 1 N–H and O–H groups in total. The molecule has 2 aromatic rings. The van der Waals surface area contributed by atoms with Gasteiger partial charge in [-0.3, -0.25) is 15.0 Å². The lowest BCUT2D eigenvalue weighted by atomic mass is 10.3. The molecule has 2 rings (SSSR count). The molecule has 0 unspecified atom stereocenters. The molecule has 0 amide bonds. The van der Waals surface area contributed by atoms with E-state index in [0.29, 0.717) is 0 Å². The van der Waals surface area contributed by atoms with Crippen LogP contribution in [0.15, 0.2) is 31.0 Å². The molecular weight excluding hydrogens is 238 g/mol. The lowest BCUT2D eigenvalue weighted by Crippen LogP contribution is -1.98. The van der Waals surface area contributed by atoms with E-state index in [9.17, 15) is 0 Å². The number of nitrogens with one attached hydrogen (secondary N) is 1. The normalized spacial score (nSPS) is 9.42. The van der Waals surface area contributed by atoms with Crippen molar-refractivity contribution in [1.29, 1.82) is 0 Å². The Morgan fingerprint density at radius 2 is 1.58 bits per heavy atom. The van der Waals surface area contributed by atoms with Crippen LogP contribution in [-0.2, 0) is 12.8 Å². The number of rotatable bonds is 4. The topological polar surface area (TPSA) is 63.6 Å². The van der Waals surface area contributed by atoms with Crippen LogP contribution < -0.4 is 5.32 Å². The fraction of sp³-hybridized carbons (Fsp3) is 0.429. The minimum Gasteiger partial charge on any atom is -0.369 e. The molecule has 19 heavy (non-hydrogen) atoms. The highest BCUT2D eigenvalue weighted by atomic mass is 15.0. The van der Waals surface area contributed by atoms with Crippen LogP contribution in [0.3, 0.4) is 0 Å². The van der Waals surface area contributed by atoms with Crippen molar-refractivity contribution in [2.24, 2.45) is 0 Å². The zero-order chi connectivity index (χ0) is 13.9. The highest BCUT2D eigenvalue weighted by Gasteiger charge is 1.92. The summed E-state index contributed by atoms with van der Waals surface area (Å²) in [4.78, 5) is 16.3. The maximum absolute atomic E-state index is 4.35. The maximum Gasteiger partial charge on any atom is 0.144 e. The number of nitrogens with zero attached hydrogens (tertiary/aromatic N) is 4. The largest absolute Gasteiger partial charge is 0.369 e. The molecule has 5 nitrogen and oxygen atoms in total. The Morgan fingerprint density at radius 1 is 0.895 bits per heavy atom. The smallest absolute Gasteiger partial charge is 0.144 e. The lowest BCUT2D eigenvalue weighted by Gasteiger charge is -1.97. The second kappa shape index (κ2) is 8.97. The minimum atomic E-state index is 0.833. The summed E-state index contributed by atoms with van der Waals surface area (Å²) in [6.45, 7) is 7.08. The van der Waals surface area contributed by atoms with Gasteiger partial charge in [0.1, 0.15) is 5.82 Å². The first-order chi connectivity index (χ1) is 9.30. The molecule has 0 aliphatic carbocycles. The average Bonchev–Trinajstić information content (AvgIpc) is 2.49. The quantitative estimate of drug-likeness (QED) is 0.914.